The minimum atomic E-state index is -0.837. The molecule has 0 aliphatic rings. The quantitative estimate of drug-likeness (QED) is 0.111. The van der Waals surface area contributed by atoms with Crippen molar-refractivity contribution in [1.82, 2.24) is 0 Å². The number of hydrogen-bond acceptors (Lipinski definition) is 8. The highest BCUT2D eigenvalue weighted by atomic mass is 16.7. The van der Waals surface area contributed by atoms with Crippen LogP contribution in [0.25, 0.3) is 0 Å². The number of hydrogen-bond donors (Lipinski definition) is 0. The number of Topliss-reactive ketones (excluding diaryl/α,β-unsaturated/α-hetero) is 1. The fraction of sp³-hybridized carbons (Fsp3) is 0.280. The van der Waals surface area contributed by atoms with Crippen molar-refractivity contribution in [3.8, 4) is 11.5 Å². The summed E-state index contributed by atoms with van der Waals surface area (Å²) in [5.74, 6) is -0.561. The zero-order chi connectivity index (χ0) is 24.1. The van der Waals surface area contributed by atoms with Crippen LogP contribution in [-0.4, -0.2) is 37.1 Å². The van der Waals surface area contributed by atoms with E-state index in [1.165, 1.54) is 31.2 Å². The van der Waals surface area contributed by atoms with E-state index in [0.717, 1.165) is 25.3 Å². The van der Waals surface area contributed by atoms with Crippen molar-refractivity contribution < 1.29 is 38.1 Å². The van der Waals surface area contributed by atoms with Crippen LogP contribution in [0.1, 0.15) is 53.3 Å². The molecule has 33 heavy (non-hydrogen) atoms. The lowest BCUT2D eigenvalue weighted by Crippen LogP contribution is -2.12. The maximum Gasteiger partial charge on any atom is 0.513 e. The molecule has 0 heterocycles. The summed E-state index contributed by atoms with van der Waals surface area (Å²) in [5.41, 5.74) is 0.792. The highest BCUT2D eigenvalue weighted by molar-refractivity contribution is 5.94. The first-order valence-corrected chi connectivity index (χ1v) is 10.5. The van der Waals surface area contributed by atoms with Crippen LogP contribution in [0.4, 0.5) is 4.79 Å². The van der Waals surface area contributed by atoms with Crippen molar-refractivity contribution in [2.24, 2.45) is 0 Å². The van der Waals surface area contributed by atoms with Crippen LogP contribution < -0.4 is 9.47 Å². The van der Waals surface area contributed by atoms with Gasteiger partial charge in [-0.3, -0.25) is 4.79 Å². The van der Waals surface area contributed by atoms with E-state index in [1.807, 2.05) is 0 Å². The molecule has 0 saturated carbocycles. The molecular formula is C25H26O8. The Kier molecular flexibility index (Phi) is 10.3. The Hall–Kier alpha value is -3.94. The Morgan fingerprint density at radius 2 is 1.24 bits per heavy atom. The monoisotopic (exact) mass is 454 g/mol. The number of rotatable bonds is 12. The Labute approximate surface area is 192 Å². The van der Waals surface area contributed by atoms with Crippen molar-refractivity contribution in [2.45, 2.75) is 32.6 Å². The summed E-state index contributed by atoms with van der Waals surface area (Å²) < 4.78 is 20.2. The van der Waals surface area contributed by atoms with Crippen molar-refractivity contribution in [3.63, 3.8) is 0 Å². The molecule has 0 unspecified atom stereocenters. The van der Waals surface area contributed by atoms with Crippen LogP contribution >= 0.6 is 0 Å². The first kappa shape index (κ1) is 25.3. The van der Waals surface area contributed by atoms with Gasteiger partial charge in [-0.1, -0.05) is 6.58 Å². The van der Waals surface area contributed by atoms with Crippen LogP contribution in [0, 0.1) is 0 Å². The summed E-state index contributed by atoms with van der Waals surface area (Å²) in [5, 5.41) is 0. The van der Waals surface area contributed by atoms with E-state index in [2.05, 4.69) is 6.58 Å². The van der Waals surface area contributed by atoms with Gasteiger partial charge in [0, 0.05) is 11.6 Å². The van der Waals surface area contributed by atoms with Crippen LogP contribution in [0.15, 0.2) is 61.2 Å². The number of esters is 2. The highest BCUT2D eigenvalue weighted by Gasteiger charge is 2.11. The van der Waals surface area contributed by atoms with Gasteiger partial charge in [0.25, 0.3) is 0 Å². The van der Waals surface area contributed by atoms with Gasteiger partial charge in [0.05, 0.1) is 18.8 Å². The van der Waals surface area contributed by atoms with Crippen molar-refractivity contribution >= 4 is 23.9 Å². The van der Waals surface area contributed by atoms with Crippen molar-refractivity contribution in [2.75, 3.05) is 13.2 Å². The average Bonchev–Trinajstić information content (AvgIpc) is 2.81. The van der Waals surface area contributed by atoms with E-state index in [9.17, 15) is 19.2 Å². The molecular weight excluding hydrogens is 428 g/mol. The Balaban J connectivity index is 1.67. The maximum absolute atomic E-state index is 12.2. The van der Waals surface area contributed by atoms with Gasteiger partial charge in [-0.05, 0) is 81.1 Å². The summed E-state index contributed by atoms with van der Waals surface area (Å²) in [7, 11) is 0. The van der Waals surface area contributed by atoms with E-state index in [4.69, 9.17) is 18.9 Å². The van der Waals surface area contributed by atoms with Crippen LogP contribution in [-0.2, 0) is 14.3 Å². The lowest BCUT2D eigenvalue weighted by molar-refractivity contribution is -0.137. The number of carbonyl (C=O) groups is 4. The SMILES string of the molecule is C=CC(=O)OCCCCCCOC(=O)Oc1ccc(C(=O)Oc2ccc(C(C)=O)cc2)cc1. The van der Waals surface area contributed by atoms with E-state index < -0.39 is 18.1 Å². The maximum atomic E-state index is 12.2. The minimum absolute atomic E-state index is 0.0780. The zero-order valence-corrected chi connectivity index (χ0v) is 18.4. The molecule has 2 rings (SSSR count). The molecule has 0 radical (unpaired) electrons. The molecule has 0 aliphatic carbocycles. The fourth-order valence-electron chi connectivity index (χ4n) is 2.65. The number of ketones is 1. The molecule has 0 fully saturated rings. The summed E-state index contributed by atoms with van der Waals surface area (Å²) in [6.07, 6.45) is 3.31. The summed E-state index contributed by atoms with van der Waals surface area (Å²) in [6, 6.07) is 12.1. The molecule has 174 valence electrons. The van der Waals surface area contributed by atoms with Gasteiger partial charge in [-0.25, -0.2) is 14.4 Å². The van der Waals surface area contributed by atoms with E-state index in [0.29, 0.717) is 24.3 Å². The van der Waals surface area contributed by atoms with Gasteiger partial charge < -0.3 is 18.9 Å². The normalized spacial score (nSPS) is 10.1. The molecule has 0 aromatic heterocycles. The summed E-state index contributed by atoms with van der Waals surface area (Å²) in [6.45, 7) is 5.31. The molecule has 0 spiro atoms. The minimum Gasteiger partial charge on any atom is -0.463 e. The molecule has 2 aromatic rings. The molecule has 2 aromatic carbocycles. The average molecular weight is 454 g/mol. The largest absolute Gasteiger partial charge is 0.513 e. The van der Waals surface area contributed by atoms with Gasteiger partial charge in [0.2, 0.25) is 0 Å². The van der Waals surface area contributed by atoms with Gasteiger partial charge in [-0.2, -0.15) is 0 Å². The second kappa shape index (κ2) is 13.5. The predicted octanol–water partition coefficient (Wildman–Crippen LogP) is 4.91. The molecule has 0 N–H and O–H groups in total. The summed E-state index contributed by atoms with van der Waals surface area (Å²) in [4.78, 5) is 46.2. The van der Waals surface area contributed by atoms with Gasteiger partial charge in [-0.15, -0.1) is 0 Å². The zero-order valence-electron chi connectivity index (χ0n) is 18.4. The van der Waals surface area contributed by atoms with E-state index >= 15 is 0 Å². The van der Waals surface area contributed by atoms with Crippen LogP contribution in [0.3, 0.4) is 0 Å². The second-order valence-corrected chi connectivity index (χ2v) is 6.98. The first-order chi connectivity index (χ1) is 15.9. The van der Waals surface area contributed by atoms with Crippen LogP contribution in [0.5, 0.6) is 11.5 Å². The molecule has 8 heteroatoms. The Morgan fingerprint density at radius 3 is 1.79 bits per heavy atom. The third kappa shape index (κ3) is 9.39. The standard InChI is InChI=1S/C25H26O8/c1-3-23(27)30-16-6-4-5-7-17-31-25(29)33-22-14-10-20(11-15-22)24(28)32-21-12-8-19(9-13-21)18(2)26/h3,8-15H,1,4-7,16-17H2,2H3. The number of unbranched alkanes of at least 4 members (excludes halogenated alkanes) is 3. The molecule has 0 saturated heterocycles. The molecule has 0 aliphatic heterocycles. The number of benzene rings is 2. The van der Waals surface area contributed by atoms with Gasteiger partial charge in [0.1, 0.15) is 11.5 Å². The van der Waals surface area contributed by atoms with Gasteiger partial charge >= 0.3 is 18.1 Å². The molecule has 0 bridgehead atoms. The smallest absolute Gasteiger partial charge is 0.463 e. The highest BCUT2D eigenvalue weighted by Crippen LogP contribution is 2.17. The predicted molar refractivity (Wildman–Crippen MR) is 119 cm³/mol. The lowest BCUT2D eigenvalue weighted by atomic mass is 10.1. The summed E-state index contributed by atoms with van der Waals surface area (Å²) >= 11 is 0. The molecule has 8 nitrogen and oxygen atoms in total. The first-order valence-electron chi connectivity index (χ1n) is 10.5. The molecule has 0 atom stereocenters. The Morgan fingerprint density at radius 1 is 0.727 bits per heavy atom. The number of ether oxygens (including phenoxy) is 4. The van der Waals surface area contributed by atoms with E-state index in [-0.39, 0.29) is 23.7 Å². The Bertz CT molecular complexity index is 961. The topological polar surface area (TPSA) is 105 Å². The number of carbonyl (C=O) groups excluding carboxylic acids is 4. The fourth-order valence-corrected chi connectivity index (χ4v) is 2.65. The van der Waals surface area contributed by atoms with Crippen molar-refractivity contribution in [1.29, 1.82) is 0 Å². The van der Waals surface area contributed by atoms with Gasteiger partial charge in [0.15, 0.2) is 5.78 Å². The van der Waals surface area contributed by atoms with Crippen LogP contribution in [0.2, 0.25) is 0 Å². The third-order valence-corrected chi connectivity index (χ3v) is 4.43. The third-order valence-electron chi connectivity index (χ3n) is 4.43. The lowest BCUT2D eigenvalue weighted by Gasteiger charge is -2.07. The van der Waals surface area contributed by atoms with E-state index in [1.54, 1.807) is 24.3 Å². The van der Waals surface area contributed by atoms with Crippen molar-refractivity contribution in [3.05, 3.63) is 72.3 Å². The second-order valence-electron chi connectivity index (χ2n) is 6.98. The molecule has 0 amide bonds.